The Kier molecular flexibility index (Phi) is 6.55. The van der Waals surface area contributed by atoms with Crippen molar-refractivity contribution >= 4 is 0 Å². The number of rotatable bonds is 2. The van der Waals surface area contributed by atoms with Crippen molar-refractivity contribution < 1.29 is 29.2 Å². The van der Waals surface area contributed by atoms with Gasteiger partial charge in [0.05, 0.1) is 0 Å². The molecule has 0 amide bonds. The van der Waals surface area contributed by atoms with E-state index >= 15 is 0 Å². The summed E-state index contributed by atoms with van der Waals surface area (Å²) in [5.41, 5.74) is 3.50. The Hall–Kier alpha value is -6.30. The number of ether oxygens (including phenoxy) is 4. The Morgan fingerprint density at radius 3 is 1.00 bits per heavy atom. The van der Waals surface area contributed by atoms with Gasteiger partial charge in [0.1, 0.15) is 34.5 Å². The molecule has 0 atom stereocenters. The molecule has 4 aromatic carbocycles. The molecule has 0 saturated heterocycles. The summed E-state index contributed by atoms with van der Waals surface area (Å²) in [5, 5.41) is 21.0. The highest BCUT2D eigenvalue weighted by atomic mass is 16.5. The highest BCUT2D eigenvalue weighted by Gasteiger charge is 2.18. The Labute approximate surface area is 250 Å². The van der Waals surface area contributed by atoms with E-state index in [0.29, 0.717) is 11.1 Å². The molecule has 0 saturated carbocycles. The zero-order valence-electron chi connectivity index (χ0n) is 23.3. The van der Waals surface area contributed by atoms with Crippen LogP contribution < -0.4 is 18.9 Å². The van der Waals surface area contributed by atoms with Gasteiger partial charge in [-0.05, 0) is 13.8 Å². The number of phenolic OH excluding ortho intramolecular Hbond substituents is 2. The molecule has 12 heteroatoms. The maximum absolute atomic E-state index is 10.5. The molecule has 0 fully saturated rings. The van der Waals surface area contributed by atoms with E-state index in [-0.39, 0.29) is 70.2 Å². The van der Waals surface area contributed by atoms with Gasteiger partial charge in [0, 0.05) is 47.5 Å². The summed E-state index contributed by atoms with van der Waals surface area (Å²) >= 11 is 0. The first kappa shape index (κ1) is 26.6. The molecule has 0 radical (unpaired) electrons. The molecule has 3 heterocycles. The van der Waals surface area contributed by atoms with Gasteiger partial charge >= 0.3 is 24.0 Å². The van der Waals surface area contributed by atoms with Crippen molar-refractivity contribution in [1.29, 1.82) is 0 Å². The lowest BCUT2D eigenvalue weighted by atomic mass is 10.1. The first-order chi connectivity index (χ1) is 21.3. The maximum atomic E-state index is 10.5. The van der Waals surface area contributed by atoms with Gasteiger partial charge in [0.2, 0.25) is 0 Å². The molecular weight excluding hydrogens is 564 g/mol. The number of hydrogen-bond donors (Lipinski definition) is 2. The lowest BCUT2D eigenvalue weighted by molar-refractivity contribution is 0.375. The first-order valence-corrected chi connectivity index (χ1v) is 13.4. The minimum atomic E-state index is -0.155. The average Bonchev–Trinajstić information content (AvgIpc) is 2.96. The van der Waals surface area contributed by atoms with Crippen LogP contribution in [0.4, 0.5) is 0 Å². The van der Waals surface area contributed by atoms with E-state index in [1.807, 2.05) is 62.4 Å². The second kappa shape index (κ2) is 10.8. The van der Waals surface area contributed by atoms with Crippen molar-refractivity contribution in [2.24, 2.45) is 0 Å². The zero-order valence-corrected chi connectivity index (χ0v) is 23.3. The van der Waals surface area contributed by atoms with Crippen LogP contribution in [0, 0.1) is 13.8 Å². The van der Waals surface area contributed by atoms with E-state index in [0.717, 1.165) is 11.1 Å². The third-order valence-corrected chi connectivity index (χ3v) is 6.37. The SMILES string of the molecule is Cc1ccc(-c2nc3nc(n2)Oc2cc(O)cc(c2)Oc2nc(nc(-c4ccc(C)cc4)n2)Oc2cc(O)cc(c2)O3)cc1. The van der Waals surface area contributed by atoms with Crippen molar-refractivity contribution in [3.8, 4) is 81.3 Å². The Morgan fingerprint density at radius 2 is 0.705 bits per heavy atom. The summed E-state index contributed by atoms with van der Waals surface area (Å²) in [6.07, 6.45) is 0. The van der Waals surface area contributed by atoms with Crippen LogP contribution >= 0.6 is 0 Å². The Balaban J connectivity index is 1.37. The summed E-state index contributed by atoms with van der Waals surface area (Å²) in [5.74, 6) is 0.860. The molecule has 2 N–H and O–H groups in total. The number of aryl methyl sites for hydroxylation is 2. The highest BCUT2D eigenvalue weighted by Crippen LogP contribution is 2.36. The molecule has 2 aromatic heterocycles. The van der Waals surface area contributed by atoms with Crippen molar-refractivity contribution in [2.45, 2.75) is 13.8 Å². The van der Waals surface area contributed by atoms with Crippen molar-refractivity contribution in [2.75, 3.05) is 0 Å². The summed E-state index contributed by atoms with van der Waals surface area (Å²) in [6.45, 7) is 3.94. The zero-order chi connectivity index (χ0) is 30.2. The van der Waals surface area contributed by atoms with Gasteiger partial charge in [0.25, 0.3) is 0 Å². The van der Waals surface area contributed by atoms with Gasteiger partial charge in [0.15, 0.2) is 11.6 Å². The van der Waals surface area contributed by atoms with E-state index in [1.54, 1.807) is 0 Å². The molecule has 0 aliphatic carbocycles. The number of fused-ring (bicyclic) bond motifs is 8. The Bertz CT molecular complexity index is 1790. The molecule has 12 nitrogen and oxygen atoms in total. The normalized spacial score (nSPS) is 11.9. The molecular formula is C32H22N6O6. The number of phenols is 2. The van der Waals surface area contributed by atoms with Gasteiger partial charge in [-0.1, -0.05) is 59.7 Å². The number of benzene rings is 4. The van der Waals surface area contributed by atoms with Crippen LogP contribution in [0.25, 0.3) is 22.8 Å². The number of aromatic hydroxyl groups is 2. The molecule has 7 rings (SSSR count). The van der Waals surface area contributed by atoms with Crippen LogP contribution in [0.1, 0.15) is 11.1 Å². The fraction of sp³-hybridized carbons (Fsp3) is 0.0625. The van der Waals surface area contributed by atoms with Gasteiger partial charge in [-0.2, -0.15) is 19.9 Å². The van der Waals surface area contributed by atoms with Crippen molar-refractivity contribution in [3.05, 3.63) is 96.1 Å². The standard InChI is InChI=1S/C32H22N6O6/c1-17-3-7-19(8-4-17)27-33-29-37-30(34-27)42-24-12-22(40)14-26(16-24)44-32-36-28(20-9-5-18(2)6-10-20)35-31(38-32)43-25-13-21(39)11-23(15-25)41-29/h3-16,39-40H,1-2H3. The topological polar surface area (TPSA) is 155 Å². The maximum Gasteiger partial charge on any atom is 0.328 e. The summed E-state index contributed by atoms with van der Waals surface area (Å²) in [7, 11) is 0. The predicted octanol–water partition coefficient (Wildman–Crippen LogP) is 6.90. The number of nitrogens with zero attached hydrogens (tertiary/aromatic N) is 6. The third-order valence-electron chi connectivity index (χ3n) is 6.37. The van der Waals surface area contributed by atoms with Gasteiger partial charge in [-0.15, -0.1) is 9.97 Å². The minimum absolute atomic E-state index is 0.116. The van der Waals surface area contributed by atoms with Crippen LogP contribution in [-0.2, 0) is 0 Å². The van der Waals surface area contributed by atoms with Gasteiger partial charge in [-0.25, -0.2) is 0 Å². The minimum Gasteiger partial charge on any atom is -0.508 e. The van der Waals surface area contributed by atoms with Crippen LogP contribution in [0.3, 0.4) is 0 Å². The van der Waals surface area contributed by atoms with Crippen molar-refractivity contribution in [1.82, 2.24) is 29.9 Å². The van der Waals surface area contributed by atoms with E-state index in [4.69, 9.17) is 18.9 Å². The molecule has 1 aliphatic rings. The van der Waals surface area contributed by atoms with E-state index in [2.05, 4.69) is 29.9 Å². The fourth-order valence-corrected chi connectivity index (χ4v) is 4.29. The predicted molar refractivity (Wildman–Crippen MR) is 157 cm³/mol. The quantitative estimate of drug-likeness (QED) is 0.216. The third kappa shape index (κ3) is 5.85. The number of aromatic nitrogens is 6. The highest BCUT2D eigenvalue weighted by molar-refractivity contribution is 5.57. The Morgan fingerprint density at radius 1 is 0.409 bits per heavy atom. The van der Waals surface area contributed by atoms with Gasteiger partial charge in [-0.3, -0.25) is 0 Å². The second-order valence-corrected chi connectivity index (χ2v) is 9.91. The summed E-state index contributed by atoms with van der Waals surface area (Å²) in [6, 6.07) is 23.2. The van der Waals surface area contributed by atoms with Gasteiger partial charge < -0.3 is 29.2 Å². The van der Waals surface area contributed by atoms with E-state index < -0.39 is 0 Å². The molecule has 0 unspecified atom stereocenters. The molecule has 1 aliphatic heterocycles. The monoisotopic (exact) mass is 586 g/mol. The smallest absolute Gasteiger partial charge is 0.328 e. The van der Waals surface area contributed by atoms with Crippen LogP contribution in [0.15, 0.2) is 84.9 Å². The molecule has 8 bridgehead atoms. The van der Waals surface area contributed by atoms with Crippen LogP contribution in [0.2, 0.25) is 0 Å². The first-order valence-electron chi connectivity index (χ1n) is 13.4. The van der Waals surface area contributed by atoms with Crippen molar-refractivity contribution in [3.63, 3.8) is 0 Å². The second-order valence-electron chi connectivity index (χ2n) is 9.91. The summed E-state index contributed by atoms with van der Waals surface area (Å²) in [4.78, 5) is 26.4. The average molecular weight is 587 g/mol. The molecule has 216 valence electrons. The van der Waals surface area contributed by atoms with Crippen LogP contribution in [0.5, 0.6) is 58.5 Å². The summed E-state index contributed by atoms with van der Waals surface area (Å²) < 4.78 is 23.8. The van der Waals surface area contributed by atoms with Crippen LogP contribution in [-0.4, -0.2) is 40.1 Å². The van der Waals surface area contributed by atoms with E-state index in [1.165, 1.54) is 36.4 Å². The lowest BCUT2D eigenvalue weighted by Gasteiger charge is -2.13. The molecule has 6 aromatic rings. The molecule has 0 spiro atoms. The van der Waals surface area contributed by atoms with E-state index in [9.17, 15) is 10.2 Å². The fourth-order valence-electron chi connectivity index (χ4n) is 4.29. The number of hydrogen-bond acceptors (Lipinski definition) is 12. The largest absolute Gasteiger partial charge is 0.508 e. The lowest BCUT2D eigenvalue weighted by Crippen LogP contribution is -2.03. The molecule has 44 heavy (non-hydrogen) atoms.